The first-order valence-corrected chi connectivity index (χ1v) is 5.92. The molecule has 0 aliphatic heterocycles. The van der Waals surface area contributed by atoms with Gasteiger partial charge in [0.25, 0.3) is 0 Å². The van der Waals surface area contributed by atoms with Gasteiger partial charge in [-0.3, -0.25) is 4.79 Å². The molecule has 7 nitrogen and oxygen atoms in total. The van der Waals surface area contributed by atoms with Crippen LogP contribution in [-0.4, -0.2) is 42.4 Å². The third-order valence-electron chi connectivity index (χ3n) is 1.31. The quantitative estimate of drug-likeness (QED) is 0.225. The Morgan fingerprint density at radius 3 is 2.06 bits per heavy atom. The molecule has 0 unspecified atom stereocenters. The van der Waals surface area contributed by atoms with Gasteiger partial charge in [-0.25, -0.2) is 14.4 Å². The van der Waals surface area contributed by atoms with Crippen LogP contribution >= 0.6 is 15.9 Å². The number of ether oxygens (including phenoxy) is 3. The number of hydrogen-bond donors (Lipinski definition) is 0. The molecule has 8 heteroatoms. The Morgan fingerprint density at radius 2 is 1.56 bits per heavy atom. The Hall–Kier alpha value is -1.70. The summed E-state index contributed by atoms with van der Waals surface area (Å²) in [6, 6.07) is 0. The van der Waals surface area contributed by atoms with Crippen LogP contribution in [0.3, 0.4) is 0 Å². The number of rotatable bonds is 6. The lowest BCUT2D eigenvalue weighted by atomic mass is 10.5. The number of hydrogen-bond acceptors (Lipinski definition) is 7. The van der Waals surface area contributed by atoms with Gasteiger partial charge in [0, 0.05) is 12.2 Å². The van der Waals surface area contributed by atoms with E-state index in [4.69, 9.17) is 0 Å². The van der Waals surface area contributed by atoms with E-state index in [2.05, 4.69) is 30.1 Å². The largest absolute Gasteiger partial charge is 0.463 e. The predicted octanol–water partition coefficient (Wildman–Crippen LogP) is 0.114. The van der Waals surface area contributed by atoms with Crippen molar-refractivity contribution in [2.45, 2.75) is 6.92 Å². The molecule has 0 aromatic heterocycles. The molecule has 0 amide bonds. The molecule has 0 fully saturated rings. The van der Waals surface area contributed by atoms with Crippen LogP contribution in [0.4, 0.5) is 0 Å². The zero-order valence-electron chi connectivity index (χ0n) is 9.51. The molecule has 0 heterocycles. The topological polar surface area (TPSA) is 96.0 Å². The third kappa shape index (κ3) is 8.45. The first-order valence-electron chi connectivity index (χ1n) is 4.80. The average Bonchev–Trinajstić information content (AvgIpc) is 2.34. The van der Waals surface area contributed by atoms with Crippen molar-refractivity contribution in [2.75, 3.05) is 18.5 Å². The first kappa shape index (κ1) is 16.3. The zero-order valence-corrected chi connectivity index (χ0v) is 11.1. The summed E-state index contributed by atoms with van der Waals surface area (Å²) in [6.45, 7) is 1.07. The van der Waals surface area contributed by atoms with Crippen LogP contribution in [-0.2, 0) is 33.4 Å². The summed E-state index contributed by atoms with van der Waals surface area (Å²) in [4.78, 5) is 43.4. The summed E-state index contributed by atoms with van der Waals surface area (Å²) in [5.74, 6) is -3.42. The summed E-state index contributed by atoms with van der Waals surface area (Å²) in [5.41, 5.74) is 0. The van der Waals surface area contributed by atoms with Gasteiger partial charge in [0.05, 0.1) is 6.61 Å². The second kappa shape index (κ2) is 9.34. The van der Waals surface area contributed by atoms with Crippen molar-refractivity contribution < 1.29 is 33.4 Å². The van der Waals surface area contributed by atoms with Gasteiger partial charge in [-0.05, 0) is 6.92 Å². The summed E-state index contributed by atoms with van der Waals surface area (Å²) < 4.78 is 13.1. The van der Waals surface area contributed by atoms with Gasteiger partial charge in [0.1, 0.15) is 5.33 Å². The number of alkyl halides is 1. The van der Waals surface area contributed by atoms with E-state index < -0.39 is 30.5 Å². The fraction of sp³-hybridized carbons (Fsp3) is 0.400. The second-order valence-corrected chi connectivity index (χ2v) is 3.23. The predicted molar refractivity (Wildman–Crippen MR) is 61.6 cm³/mol. The van der Waals surface area contributed by atoms with Gasteiger partial charge in [-0.2, -0.15) is 0 Å². The van der Waals surface area contributed by atoms with Crippen molar-refractivity contribution in [2.24, 2.45) is 0 Å². The monoisotopic (exact) mass is 322 g/mol. The second-order valence-electron chi connectivity index (χ2n) is 2.67. The van der Waals surface area contributed by atoms with Gasteiger partial charge in [-0.1, -0.05) is 15.9 Å². The van der Waals surface area contributed by atoms with Crippen LogP contribution in [0, 0.1) is 0 Å². The molecule has 18 heavy (non-hydrogen) atoms. The highest BCUT2D eigenvalue weighted by atomic mass is 79.9. The van der Waals surface area contributed by atoms with E-state index in [1.807, 2.05) is 0 Å². The maximum Gasteiger partial charge on any atom is 0.351 e. The number of carbonyl (C=O) groups is 4. The fourth-order valence-corrected chi connectivity index (χ4v) is 0.803. The Labute approximate surface area is 111 Å². The SMILES string of the molecule is CCOC(=O)/C=C/C(=O)OCC(=O)OC(=O)CBr. The van der Waals surface area contributed by atoms with E-state index in [0.29, 0.717) is 0 Å². The van der Waals surface area contributed by atoms with Crippen molar-refractivity contribution in [3.05, 3.63) is 12.2 Å². The first-order chi connectivity index (χ1) is 8.49. The number of esters is 4. The molecule has 0 saturated heterocycles. The van der Waals surface area contributed by atoms with Crippen LogP contribution in [0.25, 0.3) is 0 Å². The minimum atomic E-state index is -1.00. The highest BCUT2D eigenvalue weighted by Crippen LogP contribution is 1.90. The highest BCUT2D eigenvalue weighted by molar-refractivity contribution is 9.09. The standard InChI is InChI=1S/C10H11BrO7/c1-2-16-7(12)3-4-8(13)17-6-10(15)18-9(14)5-11/h3-4H,2,5-6H2,1H3/b4-3+. The van der Waals surface area contributed by atoms with Crippen LogP contribution < -0.4 is 0 Å². The lowest BCUT2D eigenvalue weighted by Crippen LogP contribution is -2.19. The molecule has 0 atom stereocenters. The van der Waals surface area contributed by atoms with Crippen molar-refractivity contribution in [3.8, 4) is 0 Å². The van der Waals surface area contributed by atoms with Crippen molar-refractivity contribution in [3.63, 3.8) is 0 Å². The fourth-order valence-electron chi connectivity index (χ4n) is 0.688. The van der Waals surface area contributed by atoms with Crippen molar-refractivity contribution in [1.29, 1.82) is 0 Å². The Balaban J connectivity index is 3.93. The van der Waals surface area contributed by atoms with E-state index in [0.717, 1.165) is 12.2 Å². The van der Waals surface area contributed by atoms with Crippen molar-refractivity contribution >= 4 is 39.8 Å². The van der Waals surface area contributed by atoms with Crippen LogP contribution in [0.15, 0.2) is 12.2 Å². The van der Waals surface area contributed by atoms with Gasteiger partial charge in [-0.15, -0.1) is 0 Å². The Bertz CT molecular complexity index is 361. The average molecular weight is 323 g/mol. The normalized spacial score (nSPS) is 9.89. The maximum absolute atomic E-state index is 11.0. The molecule has 0 spiro atoms. The minimum Gasteiger partial charge on any atom is -0.463 e. The summed E-state index contributed by atoms with van der Waals surface area (Å²) in [7, 11) is 0. The van der Waals surface area contributed by atoms with E-state index in [1.54, 1.807) is 6.92 Å². The highest BCUT2D eigenvalue weighted by Gasteiger charge is 2.11. The third-order valence-corrected chi connectivity index (χ3v) is 1.77. The van der Waals surface area contributed by atoms with Gasteiger partial charge in [0.2, 0.25) is 0 Å². The lowest BCUT2D eigenvalue weighted by Gasteiger charge is -2.01. The number of carbonyl (C=O) groups excluding carboxylic acids is 4. The molecule has 0 saturated carbocycles. The molecule has 0 bridgehead atoms. The Morgan fingerprint density at radius 1 is 1.00 bits per heavy atom. The molecule has 0 aliphatic carbocycles. The summed E-state index contributed by atoms with van der Waals surface area (Å²) >= 11 is 2.78. The van der Waals surface area contributed by atoms with E-state index in [-0.39, 0.29) is 11.9 Å². The lowest BCUT2D eigenvalue weighted by molar-refractivity contribution is -0.164. The molecule has 0 radical (unpaired) electrons. The van der Waals surface area contributed by atoms with Crippen LogP contribution in [0.5, 0.6) is 0 Å². The molecule has 0 N–H and O–H groups in total. The molecule has 0 aromatic carbocycles. The smallest absolute Gasteiger partial charge is 0.351 e. The molecule has 0 aliphatic rings. The van der Waals surface area contributed by atoms with Gasteiger partial charge >= 0.3 is 23.9 Å². The molecular formula is C10H11BrO7. The molecule has 0 aromatic rings. The molecule has 0 rings (SSSR count). The van der Waals surface area contributed by atoms with Crippen molar-refractivity contribution in [1.82, 2.24) is 0 Å². The Kier molecular flexibility index (Phi) is 8.46. The van der Waals surface area contributed by atoms with E-state index in [9.17, 15) is 19.2 Å². The van der Waals surface area contributed by atoms with E-state index in [1.165, 1.54) is 0 Å². The van der Waals surface area contributed by atoms with Crippen LogP contribution in [0.1, 0.15) is 6.92 Å². The van der Waals surface area contributed by atoms with Crippen LogP contribution in [0.2, 0.25) is 0 Å². The maximum atomic E-state index is 11.0. The minimum absolute atomic E-state index is 0.143. The summed E-state index contributed by atoms with van der Waals surface area (Å²) in [5, 5.41) is -0.143. The zero-order chi connectivity index (χ0) is 14.0. The van der Waals surface area contributed by atoms with Gasteiger partial charge in [0.15, 0.2) is 6.61 Å². The molecular weight excluding hydrogens is 312 g/mol. The summed E-state index contributed by atoms with van der Waals surface area (Å²) in [6.07, 6.45) is 1.67. The van der Waals surface area contributed by atoms with E-state index >= 15 is 0 Å². The molecule has 100 valence electrons. The van der Waals surface area contributed by atoms with Gasteiger partial charge < -0.3 is 14.2 Å². The number of halogens is 1.